The predicted octanol–water partition coefficient (Wildman–Crippen LogP) is 2.79. The number of nitrogens with zero attached hydrogens (tertiary/aromatic N) is 4. The lowest BCUT2D eigenvalue weighted by molar-refractivity contribution is 0.129. The summed E-state index contributed by atoms with van der Waals surface area (Å²) in [5.41, 5.74) is 4.92. The van der Waals surface area contributed by atoms with E-state index in [0.29, 0.717) is 0 Å². The van der Waals surface area contributed by atoms with E-state index in [-0.39, 0.29) is 12.0 Å². The van der Waals surface area contributed by atoms with Crippen LogP contribution in [0.4, 0.5) is 5.82 Å². The van der Waals surface area contributed by atoms with Gasteiger partial charge in [-0.2, -0.15) is 5.10 Å². The Morgan fingerprint density at radius 1 is 1.10 bits per heavy atom. The van der Waals surface area contributed by atoms with Crippen LogP contribution >= 0.6 is 0 Å². The minimum absolute atomic E-state index is 0.134. The molecule has 1 fully saturated rings. The van der Waals surface area contributed by atoms with Crippen LogP contribution in [0.3, 0.4) is 0 Å². The van der Waals surface area contributed by atoms with Gasteiger partial charge in [0, 0.05) is 35.8 Å². The van der Waals surface area contributed by atoms with Crippen LogP contribution in [0, 0.1) is 0 Å². The molecule has 0 unspecified atom stereocenters. The highest BCUT2D eigenvalue weighted by Crippen LogP contribution is 2.47. The molecule has 1 spiro atoms. The number of nitrogens with one attached hydrogen (secondary N) is 2. The lowest BCUT2D eigenvalue weighted by Crippen LogP contribution is -2.43. The summed E-state index contributed by atoms with van der Waals surface area (Å²) in [5, 5.41) is 19.8. The molecule has 0 saturated carbocycles. The van der Waals surface area contributed by atoms with Gasteiger partial charge in [0.05, 0.1) is 18.5 Å². The van der Waals surface area contributed by atoms with Gasteiger partial charge in [0.25, 0.3) is 0 Å². The van der Waals surface area contributed by atoms with Crippen molar-refractivity contribution >= 4 is 5.82 Å². The van der Waals surface area contributed by atoms with Crippen molar-refractivity contribution in [2.24, 2.45) is 0 Å². The zero-order valence-corrected chi connectivity index (χ0v) is 17.8. The number of rotatable bonds is 7. The maximum atomic E-state index is 9.31. The fourth-order valence-electron chi connectivity index (χ4n) is 5.08. The number of benzene rings is 1. The van der Waals surface area contributed by atoms with E-state index in [1.165, 1.54) is 16.8 Å². The number of fused-ring (bicyclic) bond motifs is 2. The summed E-state index contributed by atoms with van der Waals surface area (Å²) in [7, 11) is 0. The van der Waals surface area contributed by atoms with Crippen LogP contribution in [0.25, 0.3) is 11.4 Å². The van der Waals surface area contributed by atoms with Crippen LogP contribution in [0.2, 0.25) is 0 Å². The van der Waals surface area contributed by atoms with Crippen LogP contribution < -0.4 is 5.32 Å². The molecule has 0 atom stereocenters. The van der Waals surface area contributed by atoms with Crippen molar-refractivity contribution in [2.45, 2.75) is 37.5 Å². The molecular formula is C24H30N6O. The monoisotopic (exact) mass is 418 g/mol. The molecule has 0 amide bonds. The maximum absolute atomic E-state index is 9.31. The Morgan fingerprint density at radius 3 is 2.68 bits per heavy atom. The first-order valence-electron chi connectivity index (χ1n) is 11.3. The molecule has 1 aliphatic carbocycles. The second kappa shape index (κ2) is 8.77. The molecule has 0 radical (unpaired) electrons. The summed E-state index contributed by atoms with van der Waals surface area (Å²) in [6.07, 6.45) is 9.07. The van der Waals surface area contributed by atoms with Crippen LogP contribution in [-0.2, 0) is 18.3 Å². The van der Waals surface area contributed by atoms with E-state index < -0.39 is 0 Å². The quantitative estimate of drug-likeness (QED) is 0.547. The topological polar surface area (TPSA) is 90.0 Å². The lowest BCUT2D eigenvalue weighted by atomic mass is 9.76. The molecule has 2 aromatic heterocycles. The number of H-pyrrole nitrogens is 1. The number of piperidine rings is 1. The largest absolute Gasteiger partial charge is 0.395 e. The number of aromatic amines is 1. The molecule has 162 valence electrons. The second-order valence-electron chi connectivity index (χ2n) is 8.72. The molecule has 5 rings (SSSR count). The Bertz CT molecular complexity index is 996. The van der Waals surface area contributed by atoms with Gasteiger partial charge in [0.1, 0.15) is 5.82 Å². The lowest BCUT2D eigenvalue weighted by Gasteiger charge is -2.39. The fraction of sp³-hybridized carbons (Fsp3) is 0.458. The second-order valence-corrected chi connectivity index (χ2v) is 8.72. The van der Waals surface area contributed by atoms with Gasteiger partial charge in [-0.05, 0) is 50.8 Å². The molecular weight excluding hydrogens is 388 g/mol. The Morgan fingerprint density at radius 2 is 1.94 bits per heavy atom. The standard InChI is InChI=1S/C24H30N6O/c31-15-14-30-12-9-24(10-13-30)8-6-20-21(24)28-22(19-4-2-1-3-5-19)29-23(20)25-11-7-18-16-26-27-17-18/h1-5,16-17,31H,6-15H2,(H,26,27)(H,25,28,29). The predicted molar refractivity (Wildman–Crippen MR) is 121 cm³/mol. The van der Waals surface area contributed by atoms with Crippen LogP contribution in [0.5, 0.6) is 0 Å². The third-order valence-electron chi connectivity index (χ3n) is 6.89. The SMILES string of the molecule is OCCN1CCC2(CCc3c(NCCc4cn[nH]c4)nc(-c4ccccc4)nc32)CC1. The number of aliphatic hydroxyl groups is 1. The van der Waals surface area contributed by atoms with E-state index in [1.54, 1.807) is 0 Å². The number of likely N-dealkylation sites (tertiary alicyclic amines) is 1. The summed E-state index contributed by atoms with van der Waals surface area (Å²) >= 11 is 0. The van der Waals surface area contributed by atoms with E-state index in [2.05, 4.69) is 32.5 Å². The number of β-amino-alcohol motifs (C(OH)–C–C–N with tert-alkyl or cyclic N) is 1. The Labute approximate surface area is 182 Å². The first-order chi connectivity index (χ1) is 15.3. The summed E-state index contributed by atoms with van der Waals surface area (Å²) in [6, 6.07) is 10.3. The van der Waals surface area contributed by atoms with Crippen molar-refractivity contribution in [2.75, 3.05) is 38.1 Å². The number of hydrogen-bond acceptors (Lipinski definition) is 6. The van der Waals surface area contributed by atoms with E-state index in [1.807, 2.05) is 30.6 Å². The zero-order chi connectivity index (χ0) is 21.1. The zero-order valence-electron chi connectivity index (χ0n) is 17.8. The van der Waals surface area contributed by atoms with Crippen LogP contribution in [0.1, 0.15) is 36.1 Å². The van der Waals surface area contributed by atoms with E-state index >= 15 is 0 Å². The minimum atomic E-state index is 0.134. The summed E-state index contributed by atoms with van der Waals surface area (Å²) < 4.78 is 0. The van der Waals surface area contributed by atoms with Gasteiger partial charge >= 0.3 is 0 Å². The van der Waals surface area contributed by atoms with Crippen molar-refractivity contribution in [1.82, 2.24) is 25.1 Å². The normalized spacial score (nSPS) is 17.7. The molecule has 1 aliphatic heterocycles. The van der Waals surface area contributed by atoms with E-state index in [4.69, 9.17) is 9.97 Å². The van der Waals surface area contributed by atoms with Crippen molar-refractivity contribution in [3.63, 3.8) is 0 Å². The first-order valence-corrected chi connectivity index (χ1v) is 11.3. The molecule has 1 aromatic carbocycles. The number of aromatic nitrogens is 4. The molecule has 1 saturated heterocycles. The van der Waals surface area contributed by atoms with Crippen molar-refractivity contribution in [3.8, 4) is 11.4 Å². The van der Waals surface area contributed by atoms with E-state index in [9.17, 15) is 5.11 Å². The maximum Gasteiger partial charge on any atom is 0.161 e. The average molecular weight is 419 g/mol. The Hall–Kier alpha value is -2.77. The highest BCUT2D eigenvalue weighted by molar-refractivity contribution is 5.62. The molecule has 7 nitrogen and oxygen atoms in total. The molecule has 0 bridgehead atoms. The number of hydrogen-bond donors (Lipinski definition) is 3. The molecule has 31 heavy (non-hydrogen) atoms. The fourth-order valence-corrected chi connectivity index (χ4v) is 5.08. The summed E-state index contributed by atoms with van der Waals surface area (Å²) in [4.78, 5) is 12.5. The average Bonchev–Trinajstić information content (AvgIpc) is 3.45. The highest BCUT2D eigenvalue weighted by Gasteiger charge is 2.44. The van der Waals surface area contributed by atoms with Gasteiger partial charge in [-0.25, -0.2) is 9.97 Å². The first kappa shape index (κ1) is 20.2. The summed E-state index contributed by atoms with van der Waals surface area (Å²) in [5.74, 6) is 1.80. The number of aliphatic hydroxyl groups excluding tert-OH is 1. The van der Waals surface area contributed by atoms with Crippen molar-refractivity contribution in [3.05, 3.63) is 59.5 Å². The van der Waals surface area contributed by atoms with E-state index in [0.717, 1.165) is 75.5 Å². The van der Waals surface area contributed by atoms with Gasteiger partial charge in [0.15, 0.2) is 5.82 Å². The van der Waals surface area contributed by atoms with Gasteiger partial charge in [-0.3, -0.25) is 5.10 Å². The third-order valence-corrected chi connectivity index (χ3v) is 6.89. The van der Waals surface area contributed by atoms with Crippen LogP contribution in [0.15, 0.2) is 42.7 Å². The molecule has 3 N–H and O–H groups in total. The smallest absolute Gasteiger partial charge is 0.161 e. The third kappa shape index (κ3) is 4.07. The minimum Gasteiger partial charge on any atom is -0.395 e. The highest BCUT2D eigenvalue weighted by atomic mass is 16.3. The Kier molecular flexibility index (Phi) is 5.70. The molecule has 3 heterocycles. The van der Waals surface area contributed by atoms with Crippen LogP contribution in [-0.4, -0.2) is 63.0 Å². The van der Waals surface area contributed by atoms with Crippen molar-refractivity contribution < 1.29 is 5.11 Å². The molecule has 3 aromatic rings. The van der Waals surface area contributed by atoms with Gasteiger partial charge < -0.3 is 15.3 Å². The van der Waals surface area contributed by atoms with Gasteiger partial charge in [-0.15, -0.1) is 0 Å². The summed E-state index contributed by atoms with van der Waals surface area (Å²) in [6.45, 7) is 3.85. The van der Waals surface area contributed by atoms with Gasteiger partial charge in [-0.1, -0.05) is 30.3 Å². The van der Waals surface area contributed by atoms with Crippen molar-refractivity contribution in [1.29, 1.82) is 0 Å². The number of anilines is 1. The molecule has 2 aliphatic rings. The Balaban J connectivity index is 1.45. The molecule has 7 heteroatoms. The van der Waals surface area contributed by atoms with Gasteiger partial charge in [0.2, 0.25) is 0 Å².